The zero-order valence-corrected chi connectivity index (χ0v) is 15.5. The first-order valence-corrected chi connectivity index (χ1v) is 9.31. The van der Waals surface area contributed by atoms with Gasteiger partial charge in [-0.2, -0.15) is 4.39 Å². The van der Waals surface area contributed by atoms with Crippen molar-refractivity contribution in [3.8, 4) is 11.4 Å². The number of fused-ring (bicyclic) bond motifs is 1. The summed E-state index contributed by atoms with van der Waals surface area (Å²) in [6.45, 7) is 0.855. The molecule has 2 aromatic carbocycles. The number of nitrogens with zero attached hydrogens (tertiary/aromatic N) is 4. The molecule has 0 aliphatic carbocycles. The van der Waals surface area contributed by atoms with Gasteiger partial charge in [0.2, 0.25) is 5.82 Å². The lowest BCUT2D eigenvalue weighted by Gasteiger charge is -2.09. The Morgan fingerprint density at radius 1 is 1.14 bits per heavy atom. The topological polar surface area (TPSA) is 103 Å². The molecule has 4 rings (SSSR count). The molecule has 1 amide bonds. The van der Waals surface area contributed by atoms with Gasteiger partial charge >= 0.3 is 5.69 Å². The van der Waals surface area contributed by atoms with Crippen molar-refractivity contribution in [1.29, 1.82) is 0 Å². The van der Waals surface area contributed by atoms with E-state index in [-0.39, 0.29) is 5.56 Å². The number of hydrogen-bond acceptors (Lipinski definition) is 5. The molecule has 1 aliphatic rings. The van der Waals surface area contributed by atoms with Gasteiger partial charge in [-0.25, -0.2) is 0 Å². The van der Waals surface area contributed by atoms with Gasteiger partial charge in [-0.05, 0) is 37.1 Å². The van der Waals surface area contributed by atoms with Crippen LogP contribution in [0.5, 0.6) is 0 Å². The molecule has 0 bridgehead atoms. The van der Waals surface area contributed by atoms with E-state index < -0.39 is 22.3 Å². The van der Waals surface area contributed by atoms with E-state index in [0.29, 0.717) is 5.69 Å². The van der Waals surface area contributed by atoms with Gasteiger partial charge in [-0.3, -0.25) is 14.9 Å². The molecule has 9 heteroatoms. The van der Waals surface area contributed by atoms with Crippen LogP contribution in [-0.4, -0.2) is 25.6 Å². The number of aromatic nitrogens is 3. The highest BCUT2D eigenvalue weighted by Gasteiger charge is 2.19. The number of carbonyl (C=O) groups is 1. The molecule has 1 aliphatic heterocycles. The molecule has 0 atom stereocenters. The van der Waals surface area contributed by atoms with Crippen molar-refractivity contribution in [2.45, 2.75) is 32.2 Å². The maximum Gasteiger partial charge on any atom is 0.305 e. The first-order chi connectivity index (χ1) is 14.0. The molecule has 0 spiro atoms. The Morgan fingerprint density at radius 2 is 2.00 bits per heavy atom. The summed E-state index contributed by atoms with van der Waals surface area (Å²) in [5.74, 6) is 0.160. The quantitative estimate of drug-likeness (QED) is 0.532. The fraction of sp³-hybridized carbons (Fsp3) is 0.250. The first-order valence-electron chi connectivity index (χ1n) is 9.31. The smallest absolute Gasteiger partial charge is 0.305 e. The Labute approximate surface area is 165 Å². The van der Waals surface area contributed by atoms with Crippen molar-refractivity contribution in [2.75, 3.05) is 5.32 Å². The minimum atomic E-state index is -0.985. The van der Waals surface area contributed by atoms with Gasteiger partial charge in [0.05, 0.1) is 4.92 Å². The molecular formula is C20H18FN5O3. The van der Waals surface area contributed by atoms with Crippen LogP contribution in [0.3, 0.4) is 0 Å². The summed E-state index contributed by atoms with van der Waals surface area (Å²) in [4.78, 5) is 22.5. The van der Waals surface area contributed by atoms with Gasteiger partial charge in [0.1, 0.15) is 5.82 Å². The van der Waals surface area contributed by atoms with Crippen molar-refractivity contribution in [1.82, 2.24) is 14.8 Å². The third-order valence-corrected chi connectivity index (χ3v) is 4.89. The van der Waals surface area contributed by atoms with E-state index in [4.69, 9.17) is 0 Å². The number of carbonyl (C=O) groups excluding carboxylic acids is 1. The predicted octanol–water partition coefficient (Wildman–Crippen LogP) is 3.97. The second-order valence-corrected chi connectivity index (χ2v) is 6.86. The standard InChI is InChI=1S/C20H18FN5O3/c21-16-9-8-14(12-17(16)26(28)29)20(27)22-15-6-4-5-13(11-15)19-24-23-18-7-2-1-3-10-25(18)19/h4-6,8-9,11-12H,1-3,7,10H2,(H,22,27). The summed E-state index contributed by atoms with van der Waals surface area (Å²) in [6, 6.07) is 10.2. The number of nitro groups is 1. The molecule has 1 aromatic heterocycles. The Morgan fingerprint density at radius 3 is 2.83 bits per heavy atom. The van der Waals surface area contributed by atoms with Crippen LogP contribution >= 0.6 is 0 Å². The third-order valence-electron chi connectivity index (χ3n) is 4.89. The Kier molecular flexibility index (Phi) is 5.03. The number of amides is 1. The predicted molar refractivity (Wildman–Crippen MR) is 104 cm³/mol. The number of rotatable bonds is 4. The zero-order valence-electron chi connectivity index (χ0n) is 15.5. The number of anilines is 1. The molecule has 8 nitrogen and oxygen atoms in total. The summed E-state index contributed by atoms with van der Waals surface area (Å²) < 4.78 is 15.6. The second kappa shape index (κ2) is 7.78. The lowest BCUT2D eigenvalue weighted by Crippen LogP contribution is -2.12. The van der Waals surface area contributed by atoms with Crippen LogP contribution in [-0.2, 0) is 13.0 Å². The molecular weight excluding hydrogens is 377 g/mol. The minimum absolute atomic E-state index is 0.000141. The van der Waals surface area contributed by atoms with Crippen LogP contribution in [0.4, 0.5) is 15.8 Å². The van der Waals surface area contributed by atoms with Crippen molar-refractivity contribution < 1.29 is 14.1 Å². The maximum absolute atomic E-state index is 13.5. The largest absolute Gasteiger partial charge is 0.322 e. The van der Waals surface area contributed by atoms with Crippen LogP contribution in [0, 0.1) is 15.9 Å². The number of nitrogens with one attached hydrogen (secondary N) is 1. The van der Waals surface area contributed by atoms with Crippen molar-refractivity contribution in [2.24, 2.45) is 0 Å². The minimum Gasteiger partial charge on any atom is -0.322 e. The molecule has 1 N–H and O–H groups in total. The van der Waals surface area contributed by atoms with Gasteiger partial charge in [0, 0.05) is 35.8 Å². The Hall–Kier alpha value is -3.62. The summed E-state index contributed by atoms with van der Waals surface area (Å²) in [7, 11) is 0. The summed E-state index contributed by atoms with van der Waals surface area (Å²) in [6.07, 6.45) is 4.21. The van der Waals surface area contributed by atoms with Gasteiger partial charge < -0.3 is 9.88 Å². The molecule has 0 saturated carbocycles. The van der Waals surface area contributed by atoms with Gasteiger partial charge in [0.15, 0.2) is 5.82 Å². The van der Waals surface area contributed by atoms with Crippen molar-refractivity contribution >= 4 is 17.3 Å². The van der Waals surface area contributed by atoms with Crippen LogP contribution < -0.4 is 5.32 Å². The Bertz CT molecular complexity index is 1100. The first kappa shape index (κ1) is 18.7. The van der Waals surface area contributed by atoms with Crippen LogP contribution in [0.15, 0.2) is 42.5 Å². The second-order valence-electron chi connectivity index (χ2n) is 6.86. The fourth-order valence-electron chi connectivity index (χ4n) is 3.43. The number of nitro benzene ring substituents is 1. The van der Waals surface area contributed by atoms with Crippen molar-refractivity contribution in [3.05, 3.63) is 69.8 Å². The Balaban J connectivity index is 1.59. The summed E-state index contributed by atoms with van der Waals surface area (Å²) in [5.41, 5.74) is 0.580. The lowest BCUT2D eigenvalue weighted by molar-refractivity contribution is -0.387. The van der Waals surface area contributed by atoms with Crippen LogP contribution in [0.2, 0.25) is 0 Å². The number of halogens is 1. The highest BCUT2D eigenvalue weighted by atomic mass is 19.1. The average molecular weight is 395 g/mol. The number of aryl methyl sites for hydroxylation is 1. The van der Waals surface area contributed by atoms with E-state index >= 15 is 0 Å². The van der Waals surface area contributed by atoms with Gasteiger partial charge in [-0.1, -0.05) is 18.6 Å². The fourth-order valence-corrected chi connectivity index (χ4v) is 3.43. The number of hydrogen-bond donors (Lipinski definition) is 1. The normalized spacial score (nSPS) is 13.4. The highest BCUT2D eigenvalue weighted by molar-refractivity contribution is 6.04. The molecule has 3 aromatic rings. The molecule has 0 saturated heterocycles. The SMILES string of the molecule is O=C(Nc1cccc(-c2nnc3n2CCCCC3)c1)c1ccc(F)c([N+](=O)[O-])c1. The highest BCUT2D eigenvalue weighted by Crippen LogP contribution is 2.25. The molecule has 0 radical (unpaired) electrons. The molecule has 148 valence electrons. The monoisotopic (exact) mass is 395 g/mol. The van der Waals surface area contributed by atoms with Crippen LogP contribution in [0.25, 0.3) is 11.4 Å². The molecule has 0 unspecified atom stereocenters. The molecule has 2 heterocycles. The average Bonchev–Trinajstić information content (AvgIpc) is 2.96. The van der Waals surface area contributed by atoms with E-state index in [0.717, 1.165) is 61.6 Å². The molecule has 0 fully saturated rings. The zero-order chi connectivity index (χ0) is 20.4. The summed E-state index contributed by atoms with van der Waals surface area (Å²) >= 11 is 0. The van der Waals surface area contributed by atoms with Gasteiger partial charge in [-0.15, -0.1) is 10.2 Å². The van der Waals surface area contributed by atoms with Gasteiger partial charge in [0.25, 0.3) is 5.91 Å². The van der Waals surface area contributed by atoms with E-state index in [9.17, 15) is 19.3 Å². The van der Waals surface area contributed by atoms with E-state index in [1.54, 1.807) is 18.2 Å². The lowest BCUT2D eigenvalue weighted by atomic mass is 10.1. The molecule has 29 heavy (non-hydrogen) atoms. The maximum atomic E-state index is 13.5. The van der Waals surface area contributed by atoms with Crippen molar-refractivity contribution in [3.63, 3.8) is 0 Å². The summed E-state index contributed by atoms with van der Waals surface area (Å²) in [5, 5.41) is 22.2. The van der Waals surface area contributed by atoms with Crippen LogP contribution in [0.1, 0.15) is 35.4 Å². The third kappa shape index (κ3) is 3.84. The van der Waals surface area contributed by atoms with E-state index in [1.807, 2.05) is 6.07 Å². The van der Waals surface area contributed by atoms with E-state index in [2.05, 4.69) is 20.1 Å². The van der Waals surface area contributed by atoms with E-state index in [1.165, 1.54) is 6.07 Å². The number of benzene rings is 2.